The van der Waals surface area contributed by atoms with Crippen LogP contribution in [0.3, 0.4) is 0 Å². The second kappa shape index (κ2) is 19.9. The molecular formula is C51H51N5O10S2. The smallest absolute Gasteiger partial charge is 0.414 e. The molecule has 3 amide bonds. The molecule has 68 heavy (non-hydrogen) atoms. The summed E-state index contributed by atoms with van der Waals surface area (Å²) in [5, 5.41) is 0. The van der Waals surface area contributed by atoms with Gasteiger partial charge in [-0.15, -0.1) is 0 Å². The van der Waals surface area contributed by atoms with E-state index in [0.29, 0.717) is 77.0 Å². The van der Waals surface area contributed by atoms with Crippen LogP contribution in [-0.4, -0.2) is 92.1 Å². The van der Waals surface area contributed by atoms with E-state index in [-0.39, 0.29) is 61.8 Å². The molecule has 4 aliphatic heterocycles. The Hall–Kier alpha value is -6.72. The van der Waals surface area contributed by atoms with Crippen LogP contribution in [0.25, 0.3) is 0 Å². The van der Waals surface area contributed by atoms with Gasteiger partial charge in [-0.3, -0.25) is 34.2 Å². The van der Waals surface area contributed by atoms with Crippen molar-refractivity contribution in [2.24, 2.45) is 4.99 Å². The molecule has 4 aliphatic rings. The number of methoxy groups -OCH3 is 3. The van der Waals surface area contributed by atoms with Crippen LogP contribution >= 0.6 is 21.6 Å². The largest absolute Gasteiger partial charge is 0.493 e. The topological polar surface area (TPSA) is 159 Å². The summed E-state index contributed by atoms with van der Waals surface area (Å²) in [6, 6.07) is 27.3. The lowest BCUT2D eigenvalue weighted by Crippen LogP contribution is -2.44. The van der Waals surface area contributed by atoms with E-state index >= 15 is 0 Å². The molecule has 0 bridgehead atoms. The first-order chi connectivity index (χ1) is 32.9. The number of anilines is 3. The lowest BCUT2D eigenvalue weighted by atomic mass is 10.1. The molecule has 352 valence electrons. The number of aromatic nitrogens is 1. The highest BCUT2D eigenvalue weighted by molar-refractivity contribution is 8.77. The van der Waals surface area contributed by atoms with Gasteiger partial charge < -0.3 is 33.3 Å². The Morgan fingerprint density at radius 2 is 1.37 bits per heavy atom. The van der Waals surface area contributed by atoms with Crippen LogP contribution in [-0.2, 0) is 40.3 Å². The van der Waals surface area contributed by atoms with E-state index in [0.717, 1.165) is 28.3 Å². The predicted octanol–water partition coefficient (Wildman–Crippen LogP) is 9.19. The third kappa shape index (κ3) is 9.54. The molecule has 2 atom stereocenters. The summed E-state index contributed by atoms with van der Waals surface area (Å²) in [7, 11) is 7.59. The Morgan fingerprint density at radius 3 is 2.06 bits per heavy atom. The Kier molecular flexibility index (Phi) is 13.5. The van der Waals surface area contributed by atoms with E-state index in [1.807, 2.05) is 86.8 Å². The SMILES string of the molecule is COC(=O)CCCSSC(C)(C)COC(=O)N1C[C@@H]2Cc3ccccc3N2C(=O)c2cc(OC)c(OCc3cccc(COc4cc5c(cc4OC)C(=O)N4c6ccccc6C[C@H]4C=N5)n3)cc21. The van der Waals surface area contributed by atoms with Crippen molar-refractivity contribution in [3.05, 3.63) is 125 Å². The van der Waals surface area contributed by atoms with Gasteiger partial charge in [0, 0.05) is 48.3 Å². The molecule has 4 aromatic carbocycles. The van der Waals surface area contributed by atoms with Crippen molar-refractivity contribution in [3.8, 4) is 23.0 Å². The number of rotatable bonds is 16. The fraction of sp³-hybridized carbons (Fsp3) is 0.333. The minimum absolute atomic E-state index is 0.0198. The first-order valence-corrected chi connectivity index (χ1v) is 24.6. The standard InChI is InChI=1S/C51H51N5O10S2/c1-51(2,68-67-19-11-18-47(57)63-5)30-66-50(60)54-27-36-21-32-13-7-9-17-41(32)56(36)49(59)38-23-44(62-4)46(25-42(38)54)65-29-34-15-10-14-33(53-34)28-64-45-24-39-37(22-43(45)61-3)48(58)55-35(26-52-39)20-31-12-6-8-16-40(31)55/h6-10,12-17,22-26,35-36H,11,18-21,27-30H2,1-5H3/t35-,36-/m0/s1. The fourth-order valence-electron chi connectivity index (χ4n) is 8.81. The zero-order chi connectivity index (χ0) is 47.5. The van der Waals surface area contributed by atoms with Crippen molar-refractivity contribution in [2.75, 3.05) is 54.9 Å². The van der Waals surface area contributed by atoms with Crippen LogP contribution in [0, 0.1) is 0 Å². The molecule has 5 aromatic rings. The number of esters is 1. The normalized spacial score (nSPS) is 16.6. The molecule has 0 N–H and O–H groups in total. The highest BCUT2D eigenvalue weighted by Gasteiger charge is 2.43. The lowest BCUT2D eigenvalue weighted by Gasteiger charge is -2.28. The number of aliphatic imine (C=N–C) groups is 1. The molecule has 0 saturated heterocycles. The van der Waals surface area contributed by atoms with Gasteiger partial charge in [0.05, 0.1) is 78.6 Å². The zero-order valence-electron chi connectivity index (χ0n) is 38.4. The van der Waals surface area contributed by atoms with Gasteiger partial charge >= 0.3 is 12.1 Å². The number of carbonyl (C=O) groups is 4. The van der Waals surface area contributed by atoms with Crippen molar-refractivity contribution in [1.82, 2.24) is 4.98 Å². The summed E-state index contributed by atoms with van der Waals surface area (Å²) in [4.78, 5) is 68.9. The fourth-order valence-corrected chi connectivity index (χ4v) is 11.3. The van der Waals surface area contributed by atoms with Gasteiger partial charge in [-0.1, -0.05) is 64.1 Å². The van der Waals surface area contributed by atoms with Gasteiger partial charge in [-0.2, -0.15) is 0 Å². The molecule has 0 spiro atoms. The monoisotopic (exact) mass is 957 g/mol. The maximum absolute atomic E-state index is 14.5. The molecule has 0 saturated carbocycles. The van der Waals surface area contributed by atoms with E-state index in [4.69, 9.17) is 38.4 Å². The number of benzene rings is 4. The minimum Gasteiger partial charge on any atom is -0.493 e. The molecule has 0 fully saturated rings. The number of hydrogen-bond donors (Lipinski definition) is 0. The number of nitrogens with zero attached hydrogens (tertiary/aromatic N) is 5. The number of ether oxygens (including phenoxy) is 6. The third-order valence-corrected chi connectivity index (χ3v) is 15.5. The Morgan fingerprint density at radius 1 is 0.735 bits per heavy atom. The average molecular weight is 958 g/mol. The number of fused-ring (bicyclic) bond motifs is 8. The van der Waals surface area contributed by atoms with E-state index < -0.39 is 10.8 Å². The number of carbonyl (C=O) groups excluding carboxylic acids is 4. The summed E-state index contributed by atoms with van der Waals surface area (Å²) < 4.78 is 34.5. The van der Waals surface area contributed by atoms with E-state index in [1.54, 1.807) is 55.7 Å². The van der Waals surface area contributed by atoms with Crippen LogP contribution in [0.15, 0.2) is 96.0 Å². The van der Waals surface area contributed by atoms with E-state index in [2.05, 4.69) is 0 Å². The maximum Gasteiger partial charge on any atom is 0.414 e. The van der Waals surface area contributed by atoms with Crippen LogP contribution in [0.2, 0.25) is 0 Å². The van der Waals surface area contributed by atoms with Gasteiger partial charge in [0.1, 0.15) is 19.8 Å². The Balaban J connectivity index is 0.913. The van der Waals surface area contributed by atoms with E-state index in [1.165, 1.54) is 26.2 Å². The van der Waals surface area contributed by atoms with Crippen LogP contribution in [0.1, 0.15) is 69.9 Å². The van der Waals surface area contributed by atoms with E-state index in [9.17, 15) is 19.2 Å². The first-order valence-electron chi connectivity index (χ1n) is 22.3. The van der Waals surface area contributed by atoms with Crippen LogP contribution < -0.4 is 33.6 Å². The highest BCUT2D eigenvalue weighted by atomic mass is 33.1. The second-order valence-corrected chi connectivity index (χ2v) is 20.4. The summed E-state index contributed by atoms with van der Waals surface area (Å²) in [5.74, 6) is 1.47. The molecule has 5 heterocycles. The summed E-state index contributed by atoms with van der Waals surface area (Å²) in [6.07, 6.45) is 3.49. The summed E-state index contributed by atoms with van der Waals surface area (Å²) >= 11 is 0. The molecule has 0 unspecified atom stereocenters. The lowest BCUT2D eigenvalue weighted by molar-refractivity contribution is -0.140. The van der Waals surface area contributed by atoms with Crippen molar-refractivity contribution >= 4 is 74.4 Å². The molecular weight excluding hydrogens is 907 g/mol. The summed E-state index contributed by atoms with van der Waals surface area (Å²) in [6.45, 7) is 4.36. The van der Waals surface area contributed by atoms with Gasteiger partial charge in [-0.05, 0) is 74.2 Å². The van der Waals surface area contributed by atoms with Gasteiger partial charge in [0.2, 0.25) is 0 Å². The van der Waals surface area contributed by atoms with Crippen molar-refractivity contribution < 1.29 is 47.6 Å². The third-order valence-electron chi connectivity index (χ3n) is 12.1. The van der Waals surface area contributed by atoms with Crippen LogP contribution in [0.5, 0.6) is 23.0 Å². The van der Waals surface area contributed by atoms with Gasteiger partial charge in [-0.25, -0.2) is 4.79 Å². The number of hydrogen-bond acceptors (Lipinski definition) is 14. The van der Waals surface area contributed by atoms with Gasteiger partial charge in [0.15, 0.2) is 23.0 Å². The quantitative estimate of drug-likeness (QED) is 0.0524. The molecule has 9 rings (SSSR count). The number of pyridine rings is 1. The first kappa shape index (κ1) is 46.4. The van der Waals surface area contributed by atoms with Gasteiger partial charge in [0.25, 0.3) is 11.8 Å². The molecule has 15 nitrogen and oxygen atoms in total. The second-order valence-electron chi connectivity index (χ2n) is 17.3. The number of amides is 3. The maximum atomic E-state index is 14.5. The average Bonchev–Trinajstić information content (AvgIpc) is 3.85. The molecule has 17 heteroatoms. The zero-order valence-corrected chi connectivity index (χ0v) is 40.0. The van der Waals surface area contributed by atoms with Crippen molar-refractivity contribution in [2.45, 2.75) is 69.6 Å². The Bertz CT molecular complexity index is 2800. The summed E-state index contributed by atoms with van der Waals surface area (Å²) in [5.41, 5.74) is 6.52. The Labute approximate surface area is 402 Å². The highest BCUT2D eigenvalue weighted by Crippen LogP contribution is 2.44. The van der Waals surface area contributed by atoms with Crippen molar-refractivity contribution in [1.29, 1.82) is 0 Å². The molecule has 1 aromatic heterocycles. The van der Waals surface area contributed by atoms with Crippen molar-refractivity contribution in [3.63, 3.8) is 0 Å². The molecule has 0 aliphatic carbocycles. The minimum atomic E-state index is -0.595. The number of para-hydroxylation sites is 2. The van der Waals surface area contributed by atoms with Crippen LogP contribution in [0.4, 0.5) is 27.5 Å². The molecule has 0 radical (unpaired) electrons. The predicted molar refractivity (Wildman–Crippen MR) is 263 cm³/mol.